The highest BCUT2D eigenvalue weighted by Crippen LogP contribution is 2.09. The average molecular weight is 203 g/mol. The van der Waals surface area contributed by atoms with Crippen molar-refractivity contribution in [1.29, 1.82) is 0 Å². The van der Waals surface area contributed by atoms with E-state index in [1.807, 2.05) is 37.3 Å². The minimum atomic E-state index is 0.528. The Kier molecular flexibility index (Phi) is 4.48. The third kappa shape index (κ3) is 4.36. The molecular formula is C13H17NO. The Labute approximate surface area is 91.1 Å². The quantitative estimate of drug-likeness (QED) is 0.590. The van der Waals surface area contributed by atoms with Crippen molar-refractivity contribution in [2.45, 2.75) is 20.0 Å². The first-order valence-electron chi connectivity index (χ1n) is 5.04. The Bertz CT molecular complexity index is 341. The molecule has 0 atom stereocenters. The number of allylic oxidation sites excluding steroid dienone is 2. The van der Waals surface area contributed by atoms with Gasteiger partial charge in [-0.1, -0.05) is 43.8 Å². The molecule has 0 radical (unpaired) electrons. The Morgan fingerprint density at radius 2 is 2.07 bits per heavy atom. The lowest BCUT2D eigenvalue weighted by molar-refractivity contribution is 0.191. The molecule has 15 heavy (non-hydrogen) atoms. The first-order chi connectivity index (χ1) is 7.22. The lowest BCUT2D eigenvalue weighted by Crippen LogP contribution is -1.97. The van der Waals surface area contributed by atoms with Crippen molar-refractivity contribution in [2.75, 3.05) is 0 Å². The van der Waals surface area contributed by atoms with E-state index in [9.17, 15) is 0 Å². The summed E-state index contributed by atoms with van der Waals surface area (Å²) in [5.74, 6) is 0.867. The van der Waals surface area contributed by atoms with Gasteiger partial charge in [-0.15, -0.1) is 0 Å². The van der Waals surface area contributed by atoms with E-state index in [1.165, 1.54) is 0 Å². The van der Waals surface area contributed by atoms with Gasteiger partial charge in [-0.05, 0) is 11.6 Å². The molecule has 0 bridgehead atoms. The molecule has 2 heteroatoms. The van der Waals surface area contributed by atoms with Crippen LogP contribution >= 0.6 is 0 Å². The third-order valence-corrected chi connectivity index (χ3v) is 1.96. The van der Waals surface area contributed by atoms with Crippen LogP contribution in [0.1, 0.15) is 18.9 Å². The summed E-state index contributed by atoms with van der Waals surface area (Å²) in [6, 6.07) is 10.0. The second-order valence-electron chi connectivity index (χ2n) is 3.31. The second kappa shape index (κ2) is 5.91. The van der Waals surface area contributed by atoms with Gasteiger partial charge < -0.3 is 10.5 Å². The van der Waals surface area contributed by atoms with Crippen LogP contribution in [-0.2, 0) is 11.3 Å². The molecule has 0 aromatic heterocycles. The molecule has 0 aliphatic carbocycles. The SMILES string of the molecule is C=C(N)/C=C(\CC)OCc1ccccc1. The maximum Gasteiger partial charge on any atom is 0.113 e. The molecule has 1 rings (SSSR count). The van der Waals surface area contributed by atoms with Crippen LogP contribution in [-0.4, -0.2) is 0 Å². The summed E-state index contributed by atoms with van der Waals surface area (Å²) in [7, 11) is 0. The summed E-state index contributed by atoms with van der Waals surface area (Å²) in [5.41, 5.74) is 7.17. The maximum absolute atomic E-state index is 5.61. The summed E-state index contributed by atoms with van der Waals surface area (Å²) in [6.45, 7) is 6.22. The van der Waals surface area contributed by atoms with E-state index in [4.69, 9.17) is 10.5 Å². The fourth-order valence-corrected chi connectivity index (χ4v) is 1.20. The molecule has 80 valence electrons. The third-order valence-electron chi connectivity index (χ3n) is 1.96. The lowest BCUT2D eigenvalue weighted by atomic mass is 10.2. The smallest absolute Gasteiger partial charge is 0.113 e. The van der Waals surface area contributed by atoms with Crippen LogP contribution in [0.4, 0.5) is 0 Å². The van der Waals surface area contributed by atoms with Gasteiger partial charge >= 0.3 is 0 Å². The summed E-state index contributed by atoms with van der Waals surface area (Å²) in [4.78, 5) is 0. The van der Waals surface area contributed by atoms with Gasteiger partial charge in [0.2, 0.25) is 0 Å². The van der Waals surface area contributed by atoms with Crippen molar-refractivity contribution in [3.63, 3.8) is 0 Å². The van der Waals surface area contributed by atoms with Crippen molar-refractivity contribution < 1.29 is 4.74 Å². The largest absolute Gasteiger partial charge is 0.493 e. The molecular weight excluding hydrogens is 186 g/mol. The van der Waals surface area contributed by atoms with Crippen molar-refractivity contribution in [1.82, 2.24) is 0 Å². The normalized spacial score (nSPS) is 11.1. The zero-order valence-corrected chi connectivity index (χ0v) is 9.07. The topological polar surface area (TPSA) is 35.2 Å². The molecule has 0 saturated heterocycles. The van der Waals surface area contributed by atoms with Gasteiger partial charge in [0.1, 0.15) is 6.61 Å². The van der Waals surface area contributed by atoms with Gasteiger partial charge in [0.05, 0.1) is 5.76 Å². The number of hydrogen-bond donors (Lipinski definition) is 1. The summed E-state index contributed by atoms with van der Waals surface area (Å²) >= 11 is 0. The van der Waals surface area contributed by atoms with E-state index >= 15 is 0 Å². The highest BCUT2D eigenvalue weighted by atomic mass is 16.5. The van der Waals surface area contributed by atoms with E-state index in [1.54, 1.807) is 6.08 Å². The Morgan fingerprint density at radius 3 is 2.60 bits per heavy atom. The van der Waals surface area contributed by atoms with Crippen molar-refractivity contribution in [3.05, 3.63) is 60.0 Å². The second-order valence-corrected chi connectivity index (χ2v) is 3.31. The van der Waals surface area contributed by atoms with Crippen molar-refractivity contribution in [2.24, 2.45) is 5.73 Å². The van der Waals surface area contributed by atoms with Crippen molar-refractivity contribution >= 4 is 0 Å². The molecule has 0 amide bonds. The van der Waals surface area contributed by atoms with Crippen LogP contribution in [0, 0.1) is 0 Å². The molecule has 2 nitrogen and oxygen atoms in total. The Balaban J connectivity index is 2.52. The number of rotatable bonds is 5. The number of hydrogen-bond acceptors (Lipinski definition) is 2. The van der Waals surface area contributed by atoms with Crippen LogP contribution in [0.25, 0.3) is 0 Å². The van der Waals surface area contributed by atoms with Crippen LogP contribution in [0.5, 0.6) is 0 Å². The average Bonchev–Trinajstić information content (AvgIpc) is 2.25. The van der Waals surface area contributed by atoms with Gasteiger partial charge in [-0.2, -0.15) is 0 Å². The van der Waals surface area contributed by atoms with Crippen LogP contribution in [0.3, 0.4) is 0 Å². The first-order valence-corrected chi connectivity index (χ1v) is 5.04. The molecule has 0 aliphatic rings. The summed E-state index contributed by atoms with van der Waals surface area (Å²) < 4.78 is 5.61. The highest BCUT2D eigenvalue weighted by Gasteiger charge is 1.96. The van der Waals surface area contributed by atoms with Crippen LogP contribution in [0.2, 0.25) is 0 Å². The van der Waals surface area contributed by atoms with Gasteiger partial charge in [-0.25, -0.2) is 0 Å². The van der Waals surface area contributed by atoms with E-state index < -0.39 is 0 Å². The number of ether oxygens (including phenoxy) is 1. The minimum absolute atomic E-state index is 0.528. The number of nitrogens with two attached hydrogens (primary N) is 1. The molecule has 0 unspecified atom stereocenters. The molecule has 0 aliphatic heterocycles. The van der Waals surface area contributed by atoms with Gasteiger partial charge in [0.15, 0.2) is 0 Å². The predicted octanol–water partition coefficient (Wildman–Crippen LogP) is 2.97. The van der Waals surface area contributed by atoms with Crippen LogP contribution in [0.15, 0.2) is 54.4 Å². The zero-order valence-electron chi connectivity index (χ0n) is 9.07. The maximum atomic E-state index is 5.61. The van der Waals surface area contributed by atoms with Gasteiger partial charge in [-0.3, -0.25) is 0 Å². The van der Waals surface area contributed by atoms with E-state index in [0.29, 0.717) is 12.3 Å². The highest BCUT2D eigenvalue weighted by molar-refractivity contribution is 5.16. The van der Waals surface area contributed by atoms with Crippen molar-refractivity contribution in [3.8, 4) is 0 Å². The van der Waals surface area contributed by atoms with E-state index in [0.717, 1.165) is 17.7 Å². The molecule has 2 N–H and O–H groups in total. The Hall–Kier alpha value is -1.70. The zero-order chi connectivity index (χ0) is 11.1. The first kappa shape index (κ1) is 11.4. The molecule has 1 aromatic carbocycles. The van der Waals surface area contributed by atoms with Gasteiger partial charge in [0, 0.05) is 12.1 Å². The standard InChI is InChI=1S/C13H17NO/c1-3-13(9-11(2)14)15-10-12-7-5-4-6-8-12/h4-9H,2-3,10,14H2,1H3/b13-9+. The fourth-order valence-electron chi connectivity index (χ4n) is 1.20. The van der Waals surface area contributed by atoms with Crippen LogP contribution < -0.4 is 5.73 Å². The molecule has 0 heterocycles. The summed E-state index contributed by atoms with van der Waals surface area (Å²) in [6.07, 6.45) is 2.59. The van der Waals surface area contributed by atoms with E-state index in [-0.39, 0.29) is 0 Å². The molecule has 0 spiro atoms. The summed E-state index contributed by atoms with van der Waals surface area (Å²) in [5, 5.41) is 0. The molecule has 0 saturated carbocycles. The number of benzene rings is 1. The lowest BCUT2D eigenvalue weighted by Gasteiger charge is -2.08. The Morgan fingerprint density at radius 1 is 1.40 bits per heavy atom. The van der Waals surface area contributed by atoms with Gasteiger partial charge in [0.25, 0.3) is 0 Å². The fraction of sp³-hybridized carbons (Fsp3) is 0.231. The van der Waals surface area contributed by atoms with E-state index in [2.05, 4.69) is 6.58 Å². The minimum Gasteiger partial charge on any atom is -0.493 e. The monoisotopic (exact) mass is 203 g/mol. The predicted molar refractivity (Wildman–Crippen MR) is 62.9 cm³/mol. The molecule has 1 aromatic rings. The molecule has 0 fully saturated rings.